The number of alkyl halides is 1. The molecule has 7 nitrogen and oxygen atoms in total. The Morgan fingerprint density at radius 2 is 2.00 bits per heavy atom. The second-order valence-electron chi connectivity index (χ2n) is 7.13. The van der Waals surface area contributed by atoms with Gasteiger partial charge in [0.1, 0.15) is 17.7 Å². The van der Waals surface area contributed by atoms with Gasteiger partial charge in [0.15, 0.2) is 0 Å². The van der Waals surface area contributed by atoms with Crippen molar-refractivity contribution in [3.63, 3.8) is 0 Å². The number of pyridine rings is 1. The van der Waals surface area contributed by atoms with Crippen molar-refractivity contribution < 1.29 is 9.13 Å². The average molecular weight is 374 g/mol. The molecule has 0 saturated carbocycles. The molecule has 0 aromatic carbocycles. The maximum absolute atomic E-state index is 14.2. The lowest BCUT2D eigenvalue weighted by Gasteiger charge is -2.29. The van der Waals surface area contributed by atoms with Crippen molar-refractivity contribution in [2.24, 2.45) is 0 Å². The van der Waals surface area contributed by atoms with E-state index >= 15 is 0 Å². The molecule has 8 heteroatoms. The first kappa shape index (κ1) is 19.3. The fourth-order valence-corrected chi connectivity index (χ4v) is 3.40. The molecule has 0 amide bonds. The summed E-state index contributed by atoms with van der Waals surface area (Å²) in [5.74, 6) is 2.19. The van der Waals surface area contributed by atoms with Crippen LogP contribution in [0, 0.1) is 0 Å². The normalized spacial score (nSPS) is 19.6. The first-order valence-corrected chi connectivity index (χ1v) is 9.05. The van der Waals surface area contributed by atoms with Gasteiger partial charge in [-0.25, -0.2) is 9.37 Å². The van der Waals surface area contributed by atoms with E-state index in [1.165, 1.54) is 0 Å². The van der Waals surface area contributed by atoms with Crippen LogP contribution < -0.4 is 14.5 Å². The number of halogens is 1. The Morgan fingerprint density at radius 3 is 2.74 bits per heavy atom. The van der Waals surface area contributed by atoms with Gasteiger partial charge in [0.25, 0.3) is 0 Å². The monoisotopic (exact) mass is 374 g/mol. The molecule has 27 heavy (non-hydrogen) atoms. The molecular weight excluding hydrogens is 347 g/mol. The summed E-state index contributed by atoms with van der Waals surface area (Å²) in [4.78, 5) is 19.3. The van der Waals surface area contributed by atoms with Crippen molar-refractivity contribution in [3.05, 3.63) is 36.3 Å². The largest absolute Gasteiger partial charge is 0.497 e. The summed E-state index contributed by atoms with van der Waals surface area (Å²) in [6.07, 6.45) is 3.11. The third-order valence-corrected chi connectivity index (χ3v) is 4.66. The third-order valence-electron chi connectivity index (χ3n) is 4.66. The van der Waals surface area contributed by atoms with Gasteiger partial charge >= 0.3 is 0 Å². The van der Waals surface area contributed by atoms with Gasteiger partial charge in [0, 0.05) is 58.1 Å². The molecule has 0 spiro atoms. The van der Waals surface area contributed by atoms with Crippen molar-refractivity contribution in [1.82, 2.24) is 19.9 Å². The number of nitrogens with zero attached hydrogens (tertiary/aromatic N) is 6. The van der Waals surface area contributed by atoms with Crippen LogP contribution >= 0.6 is 0 Å². The number of methoxy groups -OCH3 is 1. The maximum atomic E-state index is 14.2. The second kappa shape index (κ2) is 8.47. The minimum atomic E-state index is -0.851. The summed E-state index contributed by atoms with van der Waals surface area (Å²) in [7, 11) is 7.46. The van der Waals surface area contributed by atoms with Crippen molar-refractivity contribution in [2.45, 2.75) is 25.2 Å². The predicted octanol–water partition coefficient (Wildman–Crippen LogP) is 1.99. The van der Waals surface area contributed by atoms with Crippen molar-refractivity contribution >= 4 is 11.8 Å². The molecule has 1 saturated heterocycles. The zero-order valence-corrected chi connectivity index (χ0v) is 16.3. The molecule has 0 unspecified atom stereocenters. The summed E-state index contributed by atoms with van der Waals surface area (Å²) < 4.78 is 19.5. The van der Waals surface area contributed by atoms with E-state index in [-0.39, 0.29) is 6.04 Å². The molecule has 1 fully saturated rings. The van der Waals surface area contributed by atoms with Crippen LogP contribution in [-0.4, -0.2) is 73.4 Å². The highest BCUT2D eigenvalue weighted by Crippen LogP contribution is 2.27. The Bertz CT molecular complexity index is 758. The van der Waals surface area contributed by atoms with Gasteiger partial charge in [-0.15, -0.1) is 0 Å². The van der Waals surface area contributed by atoms with E-state index in [1.54, 1.807) is 19.5 Å². The highest BCUT2D eigenvalue weighted by atomic mass is 19.1. The zero-order chi connectivity index (χ0) is 19.4. The second-order valence-corrected chi connectivity index (χ2v) is 7.13. The summed E-state index contributed by atoms with van der Waals surface area (Å²) in [5.41, 5.74) is 0.926. The SMILES string of the molecule is COc1ccnc(CN(C)C[C@@H]2C[C@H](F)CN2c2ccnc(N(C)C)n2)c1. The van der Waals surface area contributed by atoms with E-state index < -0.39 is 6.17 Å². The molecule has 0 radical (unpaired) electrons. The zero-order valence-electron chi connectivity index (χ0n) is 16.3. The van der Waals surface area contributed by atoms with E-state index in [1.807, 2.05) is 44.2 Å². The van der Waals surface area contributed by atoms with E-state index in [0.717, 1.165) is 23.8 Å². The lowest BCUT2D eigenvalue weighted by molar-refractivity contribution is 0.286. The van der Waals surface area contributed by atoms with Crippen LogP contribution in [0.25, 0.3) is 0 Å². The summed E-state index contributed by atoms with van der Waals surface area (Å²) in [5, 5.41) is 0. The fraction of sp³-hybridized carbons (Fsp3) is 0.526. The smallest absolute Gasteiger partial charge is 0.226 e. The molecule has 3 heterocycles. The molecule has 1 aliphatic heterocycles. The average Bonchev–Trinajstić information content (AvgIpc) is 3.02. The minimum Gasteiger partial charge on any atom is -0.497 e. The minimum absolute atomic E-state index is 0.0560. The molecule has 0 bridgehead atoms. The highest BCUT2D eigenvalue weighted by molar-refractivity contribution is 5.45. The van der Waals surface area contributed by atoms with E-state index in [4.69, 9.17) is 4.74 Å². The lowest BCUT2D eigenvalue weighted by Crippen LogP contribution is -2.39. The van der Waals surface area contributed by atoms with Gasteiger partial charge in [-0.1, -0.05) is 0 Å². The lowest BCUT2D eigenvalue weighted by atomic mass is 10.2. The Kier molecular flexibility index (Phi) is 6.05. The molecule has 0 N–H and O–H groups in total. The number of anilines is 2. The molecule has 0 aliphatic carbocycles. The van der Waals surface area contributed by atoms with Gasteiger partial charge in [0.2, 0.25) is 5.95 Å². The first-order valence-electron chi connectivity index (χ1n) is 9.05. The third kappa shape index (κ3) is 4.82. The summed E-state index contributed by atoms with van der Waals surface area (Å²) in [6.45, 7) is 1.76. The van der Waals surface area contributed by atoms with E-state index in [2.05, 4.69) is 24.8 Å². The quantitative estimate of drug-likeness (QED) is 0.735. The molecule has 2 aromatic heterocycles. The molecule has 2 atom stereocenters. The highest BCUT2D eigenvalue weighted by Gasteiger charge is 2.34. The standard InChI is InChI=1S/C19H27FN6O/c1-24(2)19-22-8-6-18(23-19)26-11-14(20)9-16(26)13-25(3)12-15-10-17(27-4)5-7-21-15/h5-8,10,14,16H,9,11-13H2,1-4H3/t14-,16-/m0/s1. The van der Waals surface area contributed by atoms with Crippen molar-refractivity contribution in [2.75, 3.05) is 51.1 Å². The van der Waals surface area contributed by atoms with Crippen LogP contribution in [0.1, 0.15) is 12.1 Å². The predicted molar refractivity (Wildman–Crippen MR) is 104 cm³/mol. The van der Waals surface area contributed by atoms with Crippen LogP contribution in [0.5, 0.6) is 5.75 Å². The summed E-state index contributed by atoms with van der Waals surface area (Å²) >= 11 is 0. The Hall–Kier alpha value is -2.48. The van der Waals surface area contributed by atoms with Gasteiger partial charge < -0.3 is 14.5 Å². The van der Waals surface area contributed by atoms with Crippen LogP contribution in [0.15, 0.2) is 30.6 Å². The molecule has 1 aliphatic rings. The first-order chi connectivity index (χ1) is 13.0. The number of hydrogen-bond acceptors (Lipinski definition) is 7. The van der Waals surface area contributed by atoms with Crippen LogP contribution in [0.2, 0.25) is 0 Å². The molecule has 3 rings (SSSR count). The van der Waals surface area contributed by atoms with Crippen molar-refractivity contribution in [1.29, 1.82) is 0 Å². The number of hydrogen-bond donors (Lipinski definition) is 0. The van der Waals surface area contributed by atoms with Crippen molar-refractivity contribution in [3.8, 4) is 5.75 Å². The molecule has 146 valence electrons. The fourth-order valence-electron chi connectivity index (χ4n) is 3.40. The van der Waals surface area contributed by atoms with Gasteiger partial charge in [-0.05, 0) is 19.2 Å². The van der Waals surface area contributed by atoms with Crippen LogP contribution in [0.3, 0.4) is 0 Å². The topological polar surface area (TPSA) is 57.6 Å². The molecule has 2 aromatic rings. The Morgan fingerprint density at radius 1 is 1.22 bits per heavy atom. The number of ether oxygens (including phenoxy) is 1. The number of likely N-dealkylation sites (N-methyl/N-ethyl adjacent to an activating group) is 1. The van der Waals surface area contributed by atoms with Gasteiger partial charge in [-0.2, -0.15) is 4.98 Å². The van der Waals surface area contributed by atoms with Gasteiger partial charge in [0.05, 0.1) is 19.3 Å². The van der Waals surface area contributed by atoms with Crippen LogP contribution in [-0.2, 0) is 6.54 Å². The number of rotatable bonds is 7. The number of aromatic nitrogens is 3. The summed E-state index contributed by atoms with van der Waals surface area (Å²) in [6, 6.07) is 5.66. The van der Waals surface area contributed by atoms with Gasteiger partial charge in [-0.3, -0.25) is 9.88 Å². The van der Waals surface area contributed by atoms with Crippen LogP contribution in [0.4, 0.5) is 16.2 Å². The van der Waals surface area contributed by atoms with E-state index in [0.29, 0.717) is 25.5 Å². The Labute approximate surface area is 159 Å². The van der Waals surface area contributed by atoms with E-state index in [9.17, 15) is 4.39 Å². The maximum Gasteiger partial charge on any atom is 0.226 e. The Balaban J connectivity index is 1.69. The molecular formula is C19H27FN6O.